The first-order chi connectivity index (χ1) is 6.62. The maximum absolute atomic E-state index is 3.68. The minimum Gasteiger partial charge on any atom is -0.309 e. The Morgan fingerprint density at radius 2 is 2.07 bits per heavy atom. The Labute approximate surface area is 88.1 Å². The van der Waals surface area contributed by atoms with Gasteiger partial charge in [0.15, 0.2) is 0 Å². The summed E-state index contributed by atoms with van der Waals surface area (Å²) in [4.78, 5) is 2.72. The predicted octanol–water partition coefficient (Wildman–Crippen LogP) is 1.86. The molecule has 1 N–H and O–H groups in total. The summed E-state index contributed by atoms with van der Waals surface area (Å²) in [7, 11) is 0. The van der Waals surface area contributed by atoms with Gasteiger partial charge in [-0.3, -0.25) is 4.90 Å². The van der Waals surface area contributed by atoms with Crippen LogP contribution >= 0.6 is 0 Å². The number of hydrogen-bond donors (Lipinski definition) is 1. The molecule has 2 nitrogen and oxygen atoms in total. The highest BCUT2D eigenvalue weighted by atomic mass is 15.3. The van der Waals surface area contributed by atoms with Gasteiger partial charge in [0.25, 0.3) is 0 Å². The molecule has 1 saturated carbocycles. The molecule has 1 aliphatic carbocycles. The van der Waals surface area contributed by atoms with E-state index in [-0.39, 0.29) is 0 Å². The molecule has 1 unspecified atom stereocenters. The van der Waals surface area contributed by atoms with E-state index in [1.165, 1.54) is 38.9 Å². The molecule has 0 aromatic carbocycles. The highest BCUT2D eigenvalue weighted by Crippen LogP contribution is 2.37. The molecule has 1 aliphatic heterocycles. The molecule has 2 fully saturated rings. The molecule has 2 heteroatoms. The van der Waals surface area contributed by atoms with Gasteiger partial charge in [-0.2, -0.15) is 0 Å². The Hall–Kier alpha value is -0.0800. The molecule has 2 rings (SSSR count). The van der Waals surface area contributed by atoms with Gasteiger partial charge in [-0.15, -0.1) is 0 Å². The van der Waals surface area contributed by atoms with Gasteiger partial charge in [0, 0.05) is 24.7 Å². The van der Waals surface area contributed by atoms with E-state index in [1.807, 2.05) is 0 Å². The summed E-state index contributed by atoms with van der Waals surface area (Å²) in [6.45, 7) is 10.6. The van der Waals surface area contributed by atoms with Crippen LogP contribution in [0.25, 0.3) is 0 Å². The summed E-state index contributed by atoms with van der Waals surface area (Å²) in [6, 6.07) is 0.836. The molecule has 0 aromatic heterocycles. The molecule has 1 atom stereocenters. The largest absolute Gasteiger partial charge is 0.309 e. The Morgan fingerprint density at radius 1 is 1.36 bits per heavy atom. The van der Waals surface area contributed by atoms with Gasteiger partial charge < -0.3 is 5.32 Å². The Kier molecular flexibility index (Phi) is 2.85. The van der Waals surface area contributed by atoms with Gasteiger partial charge in [-0.1, -0.05) is 6.92 Å². The fourth-order valence-electron chi connectivity index (χ4n) is 2.67. The average molecular weight is 196 g/mol. The summed E-state index contributed by atoms with van der Waals surface area (Å²) >= 11 is 0. The van der Waals surface area contributed by atoms with E-state index in [0.29, 0.717) is 5.54 Å². The van der Waals surface area contributed by atoms with Crippen molar-refractivity contribution in [1.82, 2.24) is 10.2 Å². The standard InChI is InChI=1S/C12H24N2/c1-4-7-14-9-12(2,3)13-8-11(14)10-5-6-10/h10-11,13H,4-9H2,1-3H3. The zero-order chi connectivity index (χ0) is 10.2. The smallest absolute Gasteiger partial charge is 0.0252 e. The zero-order valence-electron chi connectivity index (χ0n) is 9.84. The minimum absolute atomic E-state index is 0.320. The van der Waals surface area contributed by atoms with Crippen molar-refractivity contribution < 1.29 is 0 Å². The lowest BCUT2D eigenvalue weighted by Gasteiger charge is -2.45. The summed E-state index contributed by atoms with van der Waals surface area (Å²) in [5.41, 5.74) is 0.320. The van der Waals surface area contributed by atoms with Gasteiger partial charge in [0.1, 0.15) is 0 Å². The number of piperazine rings is 1. The van der Waals surface area contributed by atoms with E-state index in [9.17, 15) is 0 Å². The third-order valence-electron chi connectivity index (χ3n) is 3.53. The summed E-state index contributed by atoms with van der Waals surface area (Å²) < 4.78 is 0. The highest BCUT2D eigenvalue weighted by Gasteiger charge is 2.40. The molecule has 1 heterocycles. The van der Waals surface area contributed by atoms with Crippen LogP contribution in [0.1, 0.15) is 40.0 Å². The molecule has 0 spiro atoms. The van der Waals surface area contributed by atoms with Gasteiger partial charge in [-0.25, -0.2) is 0 Å². The third-order valence-corrected chi connectivity index (χ3v) is 3.53. The molecular formula is C12H24N2. The van der Waals surface area contributed by atoms with Crippen LogP contribution in [0.3, 0.4) is 0 Å². The van der Waals surface area contributed by atoms with E-state index < -0.39 is 0 Å². The highest BCUT2D eigenvalue weighted by molar-refractivity contribution is 4.98. The third kappa shape index (κ3) is 2.29. The molecule has 1 saturated heterocycles. The predicted molar refractivity (Wildman–Crippen MR) is 60.5 cm³/mol. The first-order valence-electron chi connectivity index (χ1n) is 6.11. The lowest BCUT2D eigenvalue weighted by molar-refractivity contribution is 0.0830. The van der Waals surface area contributed by atoms with Crippen molar-refractivity contribution in [2.75, 3.05) is 19.6 Å². The van der Waals surface area contributed by atoms with Crippen LogP contribution in [-0.4, -0.2) is 36.1 Å². The molecule has 0 amide bonds. The molecule has 0 bridgehead atoms. The van der Waals surface area contributed by atoms with Crippen LogP contribution in [0, 0.1) is 5.92 Å². The first-order valence-corrected chi connectivity index (χ1v) is 6.11. The monoisotopic (exact) mass is 196 g/mol. The topological polar surface area (TPSA) is 15.3 Å². The number of rotatable bonds is 3. The molecule has 14 heavy (non-hydrogen) atoms. The van der Waals surface area contributed by atoms with Crippen molar-refractivity contribution in [2.45, 2.75) is 51.6 Å². The van der Waals surface area contributed by atoms with Crippen molar-refractivity contribution >= 4 is 0 Å². The van der Waals surface area contributed by atoms with Crippen molar-refractivity contribution in [3.05, 3.63) is 0 Å². The Balaban J connectivity index is 1.96. The lowest BCUT2D eigenvalue weighted by atomic mass is 9.96. The number of nitrogens with zero attached hydrogens (tertiary/aromatic N) is 1. The summed E-state index contributed by atoms with van der Waals surface area (Å²) in [6.07, 6.45) is 4.22. The fourth-order valence-corrected chi connectivity index (χ4v) is 2.67. The number of hydrogen-bond acceptors (Lipinski definition) is 2. The van der Waals surface area contributed by atoms with Crippen LogP contribution in [0.15, 0.2) is 0 Å². The summed E-state index contributed by atoms with van der Waals surface area (Å²) in [5.74, 6) is 1.00. The molecular weight excluding hydrogens is 172 g/mol. The van der Waals surface area contributed by atoms with E-state index in [2.05, 4.69) is 31.0 Å². The van der Waals surface area contributed by atoms with Crippen molar-refractivity contribution in [1.29, 1.82) is 0 Å². The Morgan fingerprint density at radius 3 is 2.64 bits per heavy atom. The van der Waals surface area contributed by atoms with Crippen LogP contribution in [0.2, 0.25) is 0 Å². The first kappa shape index (κ1) is 10.4. The zero-order valence-corrected chi connectivity index (χ0v) is 9.84. The summed E-state index contributed by atoms with van der Waals surface area (Å²) in [5, 5.41) is 3.68. The second-order valence-corrected chi connectivity index (χ2v) is 5.64. The van der Waals surface area contributed by atoms with Gasteiger partial charge in [0.05, 0.1) is 0 Å². The maximum Gasteiger partial charge on any atom is 0.0252 e. The van der Waals surface area contributed by atoms with E-state index in [4.69, 9.17) is 0 Å². The SMILES string of the molecule is CCCN1CC(C)(C)NCC1C1CC1. The van der Waals surface area contributed by atoms with Crippen LogP contribution < -0.4 is 5.32 Å². The molecule has 0 radical (unpaired) electrons. The van der Waals surface area contributed by atoms with E-state index in [1.54, 1.807) is 0 Å². The van der Waals surface area contributed by atoms with Crippen LogP contribution in [-0.2, 0) is 0 Å². The fraction of sp³-hybridized carbons (Fsp3) is 1.00. The quantitative estimate of drug-likeness (QED) is 0.741. The molecule has 82 valence electrons. The maximum atomic E-state index is 3.68. The van der Waals surface area contributed by atoms with E-state index in [0.717, 1.165) is 12.0 Å². The van der Waals surface area contributed by atoms with Crippen molar-refractivity contribution in [3.8, 4) is 0 Å². The molecule has 2 aliphatic rings. The van der Waals surface area contributed by atoms with Crippen LogP contribution in [0.4, 0.5) is 0 Å². The lowest BCUT2D eigenvalue weighted by Crippen LogP contribution is -2.62. The molecule has 0 aromatic rings. The van der Waals surface area contributed by atoms with Crippen molar-refractivity contribution in [2.24, 2.45) is 5.92 Å². The average Bonchev–Trinajstić information content (AvgIpc) is 2.87. The van der Waals surface area contributed by atoms with Crippen molar-refractivity contribution in [3.63, 3.8) is 0 Å². The van der Waals surface area contributed by atoms with Gasteiger partial charge in [-0.05, 0) is 45.6 Å². The minimum atomic E-state index is 0.320. The second kappa shape index (κ2) is 3.82. The number of nitrogens with one attached hydrogen (secondary N) is 1. The second-order valence-electron chi connectivity index (χ2n) is 5.64. The van der Waals surface area contributed by atoms with Gasteiger partial charge >= 0.3 is 0 Å². The Bertz CT molecular complexity index is 196. The van der Waals surface area contributed by atoms with E-state index >= 15 is 0 Å². The van der Waals surface area contributed by atoms with Crippen LogP contribution in [0.5, 0.6) is 0 Å². The van der Waals surface area contributed by atoms with Gasteiger partial charge in [0.2, 0.25) is 0 Å². The normalized spacial score (nSPS) is 33.2.